The lowest BCUT2D eigenvalue weighted by Crippen LogP contribution is -2.47. The molecule has 2 aliphatic rings. The second-order valence-electron chi connectivity index (χ2n) is 8.21. The van der Waals surface area contributed by atoms with Crippen LogP contribution in [0.5, 0.6) is 0 Å². The summed E-state index contributed by atoms with van der Waals surface area (Å²) >= 11 is 1.27. The number of nitrogens with zero attached hydrogens (tertiary/aromatic N) is 2. The monoisotopic (exact) mass is 444 g/mol. The van der Waals surface area contributed by atoms with Crippen molar-refractivity contribution in [3.05, 3.63) is 97.1 Å². The van der Waals surface area contributed by atoms with E-state index in [-0.39, 0.29) is 23.6 Å². The number of carbonyl (C=O) groups excluding carboxylic acids is 1. The smallest absolute Gasteiger partial charge is 0.332 e. The summed E-state index contributed by atoms with van der Waals surface area (Å²) in [5, 5.41) is 0. The van der Waals surface area contributed by atoms with Crippen LogP contribution >= 0.6 is 11.3 Å². The highest BCUT2D eigenvalue weighted by atomic mass is 32.1. The summed E-state index contributed by atoms with van der Waals surface area (Å²) < 4.78 is 6.91. The van der Waals surface area contributed by atoms with Crippen molar-refractivity contribution in [2.45, 2.75) is 31.3 Å². The van der Waals surface area contributed by atoms with Gasteiger partial charge in [0.1, 0.15) is 4.53 Å². The minimum atomic E-state index is -0.528. The number of fused-ring (bicyclic) bond motifs is 2. The van der Waals surface area contributed by atoms with Crippen LogP contribution in [0, 0.1) is 5.92 Å². The molecule has 5 nitrogen and oxygen atoms in total. The zero-order valence-corrected chi connectivity index (χ0v) is 18.6. The number of rotatable bonds is 3. The second-order valence-corrected chi connectivity index (χ2v) is 9.22. The Morgan fingerprint density at radius 2 is 1.84 bits per heavy atom. The Labute approximate surface area is 190 Å². The zero-order chi connectivity index (χ0) is 22.1. The van der Waals surface area contributed by atoms with E-state index >= 15 is 0 Å². The molecule has 0 saturated heterocycles. The van der Waals surface area contributed by atoms with Crippen LogP contribution in [0.2, 0.25) is 0 Å². The Hall–Kier alpha value is -3.25. The summed E-state index contributed by atoms with van der Waals surface area (Å²) in [7, 11) is 1.32. The number of benzene rings is 2. The Bertz CT molecular complexity index is 1340. The Morgan fingerprint density at radius 1 is 1.12 bits per heavy atom. The van der Waals surface area contributed by atoms with Crippen molar-refractivity contribution in [3.63, 3.8) is 0 Å². The summed E-state index contributed by atoms with van der Waals surface area (Å²) in [6, 6.07) is 20.4. The van der Waals surface area contributed by atoms with Crippen molar-refractivity contribution in [2.24, 2.45) is 10.9 Å². The molecular weight excluding hydrogens is 420 g/mol. The molecule has 0 bridgehead atoms. The third-order valence-corrected chi connectivity index (χ3v) is 7.30. The summed E-state index contributed by atoms with van der Waals surface area (Å²) in [5.41, 5.74) is 3.40. The highest BCUT2D eigenvalue weighted by Crippen LogP contribution is 2.42. The van der Waals surface area contributed by atoms with Gasteiger partial charge in [0, 0.05) is 12.0 Å². The highest BCUT2D eigenvalue weighted by molar-refractivity contribution is 7.07. The van der Waals surface area contributed by atoms with Crippen LogP contribution in [0.4, 0.5) is 0 Å². The van der Waals surface area contributed by atoms with E-state index < -0.39 is 5.97 Å². The first-order valence-corrected chi connectivity index (χ1v) is 11.7. The molecule has 0 amide bonds. The number of carbonyl (C=O) groups is 1. The molecule has 0 radical (unpaired) electrons. The molecule has 6 heteroatoms. The van der Waals surface area contributed by atoms with E-state index in [1.165, 1.54) is 35.7 Å². The Morgan fingerprint density at radius 3 is 2.56 bits per heavy atom. The average Bonchev–Trinajstić information content (AvgIpc) is 3.13. The first-order valence-electron chi connectivity index (χ1n) is 10.8. The number of aromatic nitrogens is 1. The quantitative estimate of drug-likeness (QED) is 0.582. The lowest BCUT2D eigenvalue weighted by atomic mass is 9.74. The molecular formula is C26H24N2O3S. The fourth-order valence-electron chi connectivity index (χ4n) is 4.90. The molecule has 1 aliphatic heterocycles. The van der Waals surface area contributed by atoms with E-state index in [0.29, 0.717) is 9.33 Å². The maximum Gasteiger partial charge on any atom is 0.332 e. The minimum absolute atomic E-state index is 0.0122. The van der Waals surface area contributed by atoms with Gasteiger partial charge in [-0.05, 0) is 36.0 Å². The largest absolute Gasteiger partial charge is 0.466 e. The van der Waals surface area contributed by atoms with Crippen LogP contribution in [-0.2, 0) is 9.53 Å². The van der Waals surface area contributed by atoms with Crippen molar-refractivity contribution < 1.29 is 9.53 Å². The molecule has 3 atom stereocenters. The van der Waals surface area contributed by atoms with E-state index in [9.17, 15) is 9.59 Å². The fourth-order valence-corrected chi connectivity index (χ4v) is 5.90. The molecule has 1 saturated carbocycles. The van der Waals surface area contributed by atoms with Gasteiger partial charge in [0.15, 0.2) is 4.80 Å². The van der Waals surface area contributed by atoms with Crippen LogP contribution < -0.4 is 14.9 Å². The molecule has 2 heterocycles. The van der Waals surface area contributed by atoms with Gasteiger partial charge in [-0.1, -0.05) is 78.1 Å². The minimum Gasteiger partial charge on any atom is -0.466 e. The maximum atomic E-state index is 13.4. The molecule has 0 spiro atoms. The van der Waals surface area contributed by atoms with Crippen LogP contribution in [-0.4, -0.2) is 23.7 Å². The molecule has 1 aliphatic carbocycles. The summed E-state index contributed by atoms with van der Waals surface area (Å²) in [5.74, 6) is -0.341. The zero-order valence-electron chi connectivity index (χ0n) is 17.8. The average molecular weight is 445 g/mol. The summed E-state index contributed by atoms with van der Waals surface area (Å²) in [6.07, 6.45) is 6.59. The molecule has 1 aromatic heterocycles. The van der Waals surface area contributed by atoms with Crippen LogP contribution in [0.1, 0.15) is 36.4 Å². The number of esters is 1. The van der Waals surface area contributed by atoms with Crippen LogP contribution in [0.15, 0.2) is 76.0 Å². The lowest BCUT2D eigenvalue weighted by molar-refractivity contribution is -0.133. The molecule has 2 aromatic carbocycles. The standard InChI is InChI=1S/C26H24N2O3S/c1-31-22(29)16-21-25(30)28-24(18-11-6-3-7-12-18)20-14-8-13-19(23(20)27-26(28)32-21)15-17-9-4-2-5-10-17/h2-7,9-12,15-16,20,23-24H,8,13-14H2,1H3/b19-15-,21-16-. The molecule has 0 N–H and O–H groups in total. The van der Waals surface area contributed by atoms with Gasteiger partial charge >= 0.3 is 5.97 Å². The third kappa shape index (κ3) is 3.75. The van der Waals surface area contributed by atoms with Crippen LogP contribution in [0.3, 0.4) is 0 Å². The molecule has 32 heavy (non-hydrogen) atoms. The van der Waals surface area contributed by atoms with Gasteiger partial charge < -0.3 is 4.74 Å². The predicted octanol–water partition coefficient (Wildman–Crippen LogP) is 3.34. The SMILES string of the molecule is COC(=O)/C=c1\sc2n(c1=O)C(c1ccccc1)C1CCC/C(=C/c3ccccc3)C1N=2. The number of hydrogen-bond donors (Lipinski definition) is 0. The lowest BCUT2D eigenvalue weighted by Gasteiger charge is -2.39. The molecule has 3 unspecified atom stereocenters. The summed E-state index contributed by atoms with van der Waals surface area (Å²) in [4.78, 5) is 30.9. The van der Waals surface area contributed by atoms with Gasteiger partial charge in [-0.3, -0.25) is 14.4 Å². The van der Waals surface area contributed by atoms with E-state index in [1.807, 2.05) is 36.4 Å². The Balaban J connectivity index is 1.72. The topological polar surface area (TPSA) is 60.7 Å². The molecule has 162 valence electrons. The van der Waals surface area contributed by atoms with E-state index in [4.69, 9.17) is 9.73 Å². The van der Waals surface area contributed by atoms with Gasteiger partial charge in [0.2, 0.25) is 0 Å². The van der Waals surface area contributed by atoms with E-state index in [2.05, 4.69) is 30.3 Å². The number of methoxy groups -OCH3 is 1. The van der Waals surface area contributed by atoms with Crippen molar-refractivity contribution in [1.29, 1.82) is 0 Å². The van der Waals surface area contributed by atoms with Crippen molar-refractivity contribution in [2.75, 3.05) is 7.11 Å². The molecule has 3 aromatic rings. The number of ether oxygens (including phenoxy) is 1. The van der Waals surface area contributed by atoms with Gasteiger partial charge in [-0.25, -0.2) is 4.79 Å². The first-order chi connectivity index (χ1) is 15.7. The van der Waals surface area contributed by atoms with Crippen molar-refractivity contribution in [1.82, 2.24) is 4.57 Å². The Kier molecular flexibility index (Phi) is 5.62. The molecule has 5 rings (SSSR count). The normalized spacial score (nSPS) is 23.8. The van der Waals surface area contributed by atoms with Gasteiger partial charge in [-0.2, -0.15) is 0 Å². The highest BCUT2D eigenvalue weighted by Gasteiger charge is 2.40. The summed E-state index contributed by atoms with van der Waals surface area (Å²) in [6.45, 7) is 0. The van der Waals surface area contributed by atoms with E-state index in [1.54, 1.807) is 4.57 Å². The number of thiazole rings is 1. The van der Waals surface area contributed by atoms with E-state index in [0.717, 1.165) is 24.8 Å². The third-order valence-electron chi connectivity index (χ3n) is 6.30. The van der Waals surface area contributed by atoms with Crippen molar-refractivity contribution in [3.8, 4) is 0 Å². The first kappa shape index (κ1) is 20.6. The maximum absolute atomic E-state index is 13.4. The van der Waals surface area contributed by atoms with Crippen molar-refractivity contribution >= 4 is 29.5 Å². The number of hydrogen-bond acceptors (Lipinski definition) is 5. The van der Waals surface area contributed by atoms with Gasteiger partial charge in [-0.15, -0.1) is 0 Å². The van der Waals surface area contributed by atoms with Gasteiger partial charge in [0.05, 0.1) is 19.2 Å². The van der Waals surface area contributed by atoms with Gasteiger partial charge in [0.25, 0.3) is 5.56 Å². The fraction of sp³-hybridized carbons (Fsp3) is 0.269. The predicted molar refractivity (Wildman–Crippen MR) is 126 cm³/mol. The second kappa shape index (κ2) is 8.71. The van der Waals surface area contributed by atoms with Crippen LogP contribution in [0.25, 0.3) is 12.2 Å². The molecule has 1 fully saturated rings.